The highest BCUT2D eigenvalue weighted by Crippen LogP contribution is 2.30. The van der Waals surface area contributed by atoms with Crippen LogP contribution in [-0.4, -0.2) is 24.6 Å². The third-order valence-electron chi connectivity index (χ3n) is 3.47. The summed E-state index contributed by atoms with van der Waals surface area (Å²) < 4.78 is 48.4. The van der Waals surface area contributed by atoms with Gasteiger partial charge in [-0.05, 0) is 36.8 Å². The molecule has 5 nitrogen and oxygen atoms in total. The zero-order valence-electron chi connectivity index (χ0n) is 14.5. The van der Waals surface area contributed by atoms with E-state index in [2.05, 4.69) is 5.32 Å². The highest BCUT2D eigenvalue weighted by Gasteiger charge is 2.30. The number of ether oxygens (including phenoxy) is 2. The first-order valence-corrected chi connectivity index (χ1v) is 8.15. The van der Waals surface area contributed by atoms with Crippen LogP contribution in [0.2, 0.25) is 0 Å². The number of amides is 1. The lowest BCUT2D eigenvalue weighted by molar-refractivity contribution is -0.154. The first-order chi connectivity index (χ1) is 12.8. The molecule has 2 aromatic carbocycles. The molecule has 2 aromatic rings. The van der Waals surface area contributed by atoms with Gasteiger partial charge in [-0.2, -0.15) is 13.2 Å². The molecule has 0 heterocycles. The fourth-order valence-electron chi connectivity index (χ4n) is 2.16. The molecule has 0 aliphatic heterocycles. The quantitative estimate of drug-likeness (QED) is 0.735. The number of hydrogen-bond donors (Lipinski definition) is 1. The number of alkyl halides is 3. The van der Waals surface area contributed by atoms with E-state index in [0.717, 1.165) is 12.1 Å². The van der Waals surface area contributed by atoms with Crippen molar-refractivity contribution in [1.29, 1.82) is 0 Å². The second-order valence-corrected chi connectivity index (χ2v) is 5.56. The van der Waals surface area contributed by atoms with Crippen LogP contribution in [0.25, 0.3) is 0 Å². The molecule has 0 saturated heterocycles. The van der Waals surface area contributed by atoms with E-state index in [0.29, 0.717) is 12.2 Å². The summed E-state index contributed by atoms with van der Waals surface area (Å²) in [4.78, 5) is 23.9. The lowest BCUT2D eigenvalue weighted by Crippen LogP contribution is -2.31. The predicted molar refractivity (Wildman–Crippen MR) is 92.2 cm³/mol. The van der Waals surface area contributed by atoms with Gasteiger partial charge >= 0.3 is 12.1 Å². The van der Waals surface area contributed by atoms with Crippen molar-refractivity contribution in [3.05, 3.63) is 60.2 Å². The zero-order chi connectivity index (χ0) is 19.9. The molecule has 2 rings (SSSR count). The van der Waals surface area contributed by atoms with Crippen molar-refractivity contribution in [2.45, 2.75) is 25.6 Å². The molecule has 0 saturated carbocycles. The Hall–Kier alpha value is -3.03. The minimum Gasteiger partial charge on any atom is -0.479 e. The molecule has 0 radical (unpaired) electrons. The average molecular weight is 381 g/mol. The van der Waals surface area contributed by atoms with Crippen LogP contribution in [0.3, 0.4) is 0 Å². The number of nitrogens with one attached hydrogen (secondary N) is 1. The second kappa shape index (κ2) is 9.07. The molecule has 0 aliphatic carbocycles. The van der Waals surface area contributed by atoms with Gasteiger partial charge in [-0.1, -0.05) is 31.2 Å². The van der Waals surface area contributed by atoms with Crippen molar-refractivity contribution in [3.63, 3.8) is 0 Å². The smallest absolute Gasteiger partial charge is 0.416 e. The van der Waals surface area contributed by atoms with Gasteiger partial charge in [-0.15, -0.1) is 0 Å². The molecule has 0 aromatic heterocycles. The van der Waals surface area contributed by atoms with Gasteiger partial charge in [0.15, 0.2) is 12.7 Å². The Morgan fingerprint density at radius 1 is 1.07 bits per heavy atom. The Balaban J connectivity index is 1.88. The SMILES string of the molecule is CC[C@H](Oc1ccccc1)C(=O)OCC(=O)Nc1cccc(C(F)(F)F)c1. The van der Waals surface area contributed by atoms with Crippen LogP contribution in [0.15, 0.2) is 54.6 Å². The fraction of sp³-hybridized carbons (Fsp3) is 0.263. The standard InChI is InChI=1S/C19H18F3NO4/c1-2-16(27-15-9-4-3-5-10-15)18(25)26-12-17(24)23-14-8-6-7-13(11-14)19(20,21)22/h3-11,16H,2,12H2,1H3,(H,23,24)/t16-/m0/s1. The number of carbonyl (C=O) groups excluding carboxylic acids is 2. The fourth-order valence-corrected chi connectivity index (χ4v) is 2.16. The van der Waals surface area contributed by atoms with Gasteiger partial charge in [-0.3, -0.25) is 4.79 Å². The van der Waals surface area contributed by atoms with Crippen molar-refractivity contribution < 1.29 is 32.2 Å². The maximum absolute atomic E-state index is 12.7. The Kier molecular flexibility index (Phi) is 6.81. The summed E-state index contributed by atoms with van der Waals surface area (Å²) >= 11 is 0. The normalized spacial score (nSPS) is 12.1. The van der Waals surface area contributed by atoms with Crippen LogP contribution in [0, 0.1) is 0 Å². The lowest BCUT2D eigenvalue weighted by atomic mass is 10.2. The highest BCUT2D eigenvalue weighted by molar-refractivity contribution is 5.93. The molecule has 0 fully saturated rings. The number of hydrogen-bond acceptors (Lipinski definition) is 4. The highest BCUT2D eigenvalue weighted by atomic mass is 19.4. The van der Waals surface area contributed by atoms with E-state index in [1.54, 1.807) is 37.3 Å². The molecule has 8 heteroatoms. The maximum atomic E-state index is 12.7. The van der Waals surface area contributed by atoms with Crippen molar-refractivity contribution >= 4 is 17.6 Å². The molecule has 1 atom stereocenters. The van der Waals surface area contributed by atoms with Crippen molar-refractivity contribution in [2.75, 3.05) is 11.9 Å². The average Bonchev–Trinajstić information content (AvgIpc) is 2.64. The number of esters is 1. The van der Waals surface area contributed by atoms with E-state index in [1.807, 2.05) is 0 Å². The Morgan fingerprint density at radius 3 is 2.41 bits per heavy atom. The molecular formula is C19H18F3NO4. The molecule has 144 valence electrons. The van der Waals surface area contributed by atoms with Gasteiger partial charge in [-0.25, -0.2) is 4.79 Å². The Labute approximate surface area is 154 Å². The molecule has 0 spiro atoms. The number of rotatable bonds is 7. The van der Waals surface area contributed by atoms with Crippen LogP contribution in [-0.2, 0) is 20.5 Å². The molecule has 27 heavy (non-hydrogen) atoms. The van der Waals surface area contributed by atoms with Gasteiger partial charge in [0.1, 0.15) is 5.75 Å². The van der Waals surface area contributed by atoms with Crippen LogP contribution in [0.4, 0.5) is 18.9 Å². The van der Waals surface area contributed by atoms with Gasteiger partial charge < -0.3 is 14.8 Å². The van der Waals surface area contributed by atoms with Gasteiger partial charge in [0, 0.05) is 5.69 Å². The molecule has 0 bridgehead atoms. The van der Waals surface area contributed by atoms with E-state index >= 15 is 0 Å². The number of benzene rings is 2. The summed E-state index contributed by atoms with van der Waals surface area (Å²) in [7, 11) is 0. The lowest BCUT2D eigenvalue weighted by Gasteiger charge is -2.16. The first-order valence-electron chi connectivity index (χ1n) is 8.15. The van der Waals surface area contributed by atoms with Crippen molar-refractivity contribution in [1.82, 2.24) is 0 Å². The molecule has 1 N–H and O–H groups in total. The van der Waals surface area contributed by atoms with Gasteiger partial charge in [0.05, 0.1) is 5.56 Å². The second-order valence-electron chi connectivity index (χ2n) is 5.56. The van der Waals surface area contributed by atoms with Crippen LogP contribution in [0.1, 0.15) is 18.9 Å². The largest absolute Gasteiger partial charge is 0.479 e. The summed E-state index contributed by atoms with van der Waals surface area (Å²) in [6, 6.07) is 12.8. The summed E-state index contributed by atoms with van der Waals surface area (Å²) in [5, 5.41) is 2.26. The maximum Gasteiger partial charge on any atom is 0.416 e. The number of anilines is 1. The van der Waals surface area contributed by atoms with Crippen LogP contribution < -0.4 is 10.1 Å². The molecular weight excluding hydrogens is 363 g/mol. The molecule has 0 unspecified atom stereocenters. The first kappa shape index (κ1) is 20.3. The number of halogens is 3. The number of para-hydroxylation sites is 1. The van der Waals surface area contributed by atoms with Crippen molar-refractivity contribution in [3.8, 4) is 5.75 Å². The van der Waals surface area contributed by atoms with Crippen molar-refractivity contribution in [2.24, 2.45) is 0 Å². The monoisotopic (exact) mass is 381 g/mol. The van der Waals surface area contributed by atoms with Crippen LogP contribution in [0.5, 0.6) is 5.75 Å². The van der Waals surface area contributed by atoms with E-state index in [1.165, 1.54) is 12.1 Å². The third kappa shape index (κ3) is 6.32. The third-order valence-corrected chi connectivity index (χ3v) is 3.47. The van der Waals surface area contributed by atoms with E-state index < -0.39 is 36.3 Å². The van der Waals surface area contributed by atoms with Gasteiger partial charge in [0.25, 0.3) is 5.91 Å². The van der Waals surface area contributed by atoms with E-state index in [-0.39, 0.29) is 5.69 Å². The zero-order valence-corrected chi connectivity index (χ0v) is 14.5. The topological polar surface area (TPSA) is 64.6 Å². The molecule has 1 amide bonds. The minimum atomic E-state index is -4.52. The summed E-state index contributed by atoms with van der Waals surface area (Å²) in [5.41, 5.74) is -0.932. The van der Waals surface area contributed by atoms with Gasteiger partial charge in [0.2, 0.25) is 0 Å². The summed E-state index contributed by atoms with van der Waals surface area (Å²) in [6.45, 7) is 1.08. The molecule has 0 aliphatic rings. The Bertz CT molecular complexity index is 778. The predicted octanol–water partition coefficient (Wildman–Crippen LogP) is 4.04. The summed E-state index contributed by atoms with van der Waals surface area (Å²) in [6.07, 6.45) is -5.09. The Morgan fingerprint density at radius 2 is 1.78 bits per heavy atom. The number of carbonyl (C=O) groups is 2. The van der Waals surface area contributed by atoms with E-state index in [4.69, 9.17) is 9.47 Å². The minimum absolute atomic E-state index is 0.0431. The van der Waals surface area contributed by atoms with Crippen LogP contribution >= 0.6 is 0 Å². The van der Waals surface area contributed by atoms with E-state index in [9.17, 15) is 22.8 Å². The summed E-state index contributed by atoms with van der Waals surface area (Å²) in [5.74, 6) is -1.01.